The van der Waals surface area contributed by atoms with E-state index in [9.17, 15) is 0 Å². The molecule has 0 aliphatic carbocycles. The summed E-state index contributed by atoms with van der Waals surface area (Å²) in [6, 6.07) is 3.47. The Bertz CT molecular complexity index is 434. The molecule has 1 heterocycles. The van der Waals surface area contributed by atoms with Crippen LogP contribution in [0.1, 0.15) is 0 Å². The maximum absolute atomic E-state index is 5.90. The van der Waals surface area contributed by atoms with Gasteiger partial charge >= 0.3 is 0 Å². The van der Waals surface area contributed by atoms with Crippen LogP contribution in [0.3, 0.4) is 0 Å². The fourth-order valence-corrected chi connectivity index (χ4v) is 1.72. The van der Waals surface area contributed by atoms with E-state index >= 15 is 0 Å². The highest BCUT2D eigenvalue weighted by atomic mass is 35.5. The molecule has 1 aromatic carbocycles. The Labute approximate surface area is 79.3 Å². The molecule has 0 saturated carbocycles. The summed E-state index contributed by atoms with van der Waals surface area (Å²) in [6.07, 6.45) is 1.70. The molecule has 0 aliphatic rings. The highest BCUT2D eigenvalue weighted by molar-refractivity contribution is 6.38. The lowest BCUT2D eigenvalue weighted by atomic mass is 10.2. The third kappa shape index (κ3) is 1.04. The fourth-order valence-electron chi connectivity index (χ4n) is 1.18. The number of aromatic amines is 1. The molecule has 62 valence electrons. The van der Waals surface area contributed by atoms with Crippen LogP contribution in [0.25, 0.3) is 10.9 Å². The second-order valence-corrected chi connectivity index (χ2v) is 3.40. The second kappa shape index (κ2) is 2.57. The van der Waals surface area contributed by atoms with E-state index in [1.54, 1.807) is 18.3 Å². The summed E-state index contributed by atoms with van der Waals surface area (Å²) in [6.45, 7) is 0. The van der Waals surface area contributed by atoms with Crippen LogP contribution >= 0.6 is 23.2 Å². The minimum atomic E-state index is 0.592. The number of benzene rings is 1. The molecule has 2 aromatic rings. The Morgan fingerprint density at radius 1 is 1.25 bits per heavy atom. The van der Waals surface area contributed by atoms with Crippen molar-refractivity contribution in [2.24, 2.45) is 0 Å². The molecule has 2 rings (SSSR count). The van der Waals surface area contributed by atoms with Crippen molar-refractivity contribution in [2.45, 2.75) is 0 Å². The minimum absolute atomic E-state index is 0.592. The van der Waals surface area contributed by atoms with E-state index in [1.807, 2.05) is 0 Å². The zero-order chi connectivity index (χ0) is 8.72. The van der Waals surface area contributed by atoms with Crippen molar-refractivity contribution in [3.05, 3.63) is 28.4 Å². The number of hydrogen-bond acceptors (Lipinski definition) is 1. The van der Waals surface area contributed by atoms with Gasteiger partial charge in [-0.2, -0.15) is 0 Å². The standard InChI is InChI=1S/C8H6Cl2N2/c9-4-1-5-7(11)3-12-8(5)6(10)2-4/h1-3,12H,11H2. The van der Waals surface area contributed by atoms with E-state index < -0.39 is 0 Å². The average molecular weight is 201 g/mol. The lowest BCUT2D eigenvalue weighted by Gasteiger charge is -1.95. The fraction of sp³-hybridized carbons (Fsp3) is 0. The molecule has 2 nitrogen and oxygen atoms in total. The van der Waals surface area contributed by atoms with Gasteiger partial charge in [0, 0.05) is 16.6 Å². The summed E-state index contributed by atoms with van der Waals surface area (Å²) in [4.78, 5) is 2.97. The Balaban J connectivity index is 2.92. The quantitative estimate of drug-likeness (QED) is 0.675. The van der Waals surface area contributed by atoms with Gasteiger partial charge in [0.1, 0.15) is 0 Å². The number of anilines is 1. The number of halogens is 2. The van der Waals surface area contributed by atoms with Crippen molar-refractivity contribution >= 4 is 39.8 Å². The number of H-pyrrole nitrogens is 1. The molecule has 1 aromatic heterocycles. The van der Waals surface area contributed by atoms with Crippen molar-refractivity contribution in [1.82, 2.24) is 4.98 Å². The van der Waals surface area contributed by atoms with Gasteiger partial charge in [0.15, 0.2) is 0 Å². The minimum Gasteiger partial charge on any atom is -0.397 e. The van der Waals surface area contributed by atoms with Crippen LogP contribution in [0, 0.1) is 0 Å². The van der Waals surface area contributed by atoms with Crippen LogP contribution in [-0.2, 0) is 0 Å². The number of nitrogens with one attached hydrogen (secondary N) is 1. The first-order chi connectivity index (χ1) is 5.68. The van der Waals surface area contributed by atoms with Gasteiger partial charge in [-0.1, -0.05) is 23.2 Å². The molecule has 0 amide bonds. The van der Waals surface area contributed by atoms with E-state index in [0.29, 0.717) is 15.7 Å². The summed E-state index contributed by atoms with van der Waals surface area (Å²) in [7, 11) is 0. The molecule has 3 N–H and O–H groups in total. The monoisotopic (exact) mass is 200 g/mol. The number of nitrogens with two attached hydrogens (primary N) is 1. The summed E-state index contributed by atoms with van der Waals surface area (Å²) >= 11 is 11.7. The van der Waals surface area contributed by atoms with E-state index in [2.05, 4.69) is 4.98 Å². The highest BCUT2D eigenvalue weighted by Gasteiger charge is 2.04. The van der Waals surface area contributed by atoms with Crippen molar-refractivity contribution in [3.63, 3.8) is 0 Å². The predicted molar refractivity (Wildman–Crippen MR) is 52.7 cm³/mol. The van der Waals surface area contributed by atoms with Crippen molar-refractivity contribution in [2.75, 3.05) is 5.73 Å². The zero-order valence-corrected chi connectivity index (χ0v) is 7.58. The maximum atomic E-state index is 5.90. The number of hydrogen-bond donors (Lipinski definition) is 2. The molecule has 0 unspecified atom stereocenters. The van der Waals surface area contributed by atoms with Crippen LogP contribution < -0.4 is 5.73 Å². The first kappa shape index (κ1) is 7.77. The van der Waals surface area contributed by atoms with Gasteiger partial charge in [-0.15, -0.1) is 0 Å². The third-order valence-corrected chi connectivity index (χ3v) is 2.25. The van der Waals surface area contributed by atoms with E-state index in [0.717, 1.165) is 10.9 Å². The van der Waals surface area contributed by atoms with Crippen molar-refractivity contribution in [3.8, 4) is 0 Å². The molecule has 0 spiro atoms. The zero-order valence-electron chi connectivity index (χ0n) is 6.07. The van der Waals surface area contributed by atoms with Gasteiger partial charge in [-0.3, -0.25) is 0 Å². The maximum Gasteiger partial charge on any atom is 0.0665 e. The smallest absolute Gasteiger partial charge is 0.0665 e. The van der Waals surface area contributed by atoms with E-state index in [4.69, 9.17) is 28.9 Å². The van der Waals surface area contributed by atoms with Crippen molar-refractivity contribution < 1.29 is 0 Å². The molecule has 0 saturated heterocycles. The van der Waals surface area contributed by atoms with Gasteiger partial charge in [-0.05, 0) is 12.1 Å². The summed E-state index contributed by atoms with van der Waals surface area (Å²) in [5, 5.41) is 2.06. The molecule has 0 radical (unpaired) electrons. The van der Waals surface area contributed by atoms with Crippen LogP contribution in [0.5, 0.6) is 0 Å². The van der Waals surface area contributed by atoms with E-state index in [1.165, 1.54) is 0 Å². The number of fused-ring (bicyclic) bond motifs is 1. The first-order valence-electron chi connectivity index (χ1n) is 3.40. The molecule has 0 bridgehead atoms. The summed E-state index contributed by atoms with van der Waals surface area (Å²) < 4.78 is 0. The molecular weight excluding hydrogens is 195 g/mol. The van der Waals surface area contributed by atoms with Crippen LogP contribution in [0.2, 0.25) is 10.0 Å². The number of nitrogen functional groups attached to an aromatic ring is 1. The highest BCUT2D eigenvalue weighted by Crippen LogP contribution is 2.30. The summed E-state index contributed by atoms with van der Waals surface area (Å²) in [5.74, 6) is 0. The Morgan fingerprint density at radius 3 is 2.75 bits per heavy atom. The van der Waals surface area contributed by atoms with Gasteiger partial charge in [0.05, 0.1) is 16.2 Å². The van der Waals surface area contributed by atoms with Gasteiger partial charge in [-0.25, -0.2) is 0 Å². The second-order valence-electron chi connectivity index (χ2n) is 2.55. The Kier molecular flexibility index (Phi) is 1.67. The normalized spacial score (nSPS) is 10.8. The molecular formula is C8H6Cl2N2. The van der Waals surface area contributed by atoms with Gasteiger partial charge in [0.25, 0.3) is 0 Å². The van der Waals surface area contributed by atoms with Gasteiger partial charge < -0.3 is 10.7 Å². The van der Waals surface area contributed by atoms with Crippen molar-refractivity contribution in [1.29, 1.82) is 0 Å². The topological polar surface area (TPSA) is 41.8 Å². The Hall–Kier alpha value is -0.860. The van der Waals surface area contributed by atoms with Crippen LogP contribution in [0.15, 0.2) is 18.3 Å². The largest absolute Gasteiger partial charge is 0.397 e. The number of aromatic nitrogens is 1. The van der Waals surface area contributed by atoms with Crippen LogP contribution in [0.4, 0.5) is 5.69 Å². The third-order valence-electron chi connectivity index (χ3n) is 1.74. The molecule has 0 aliphatic heterocycles. The summed E-state index contributed by atoms with van der Waals surface area (Å²) in [5.41, 5.74) is 7.16. The predicted octanol–water partition coefficient (Wildman–Crippen LogP) is 3.06. The first-order valence-corrected chi connectivity index (χ1v) is 4.15. The lowest BCUT2D eigenvalue weighted by molar-refractivity contribution is 1.48. The SMILES string of the molecule is Nc1c[nH]c2c(Cl)cc(Cl)cc12. The lowest BCUT2D eigenvalue weighted by Crippen LogP contribution is -1.80. The van der Waals surface area contributed by atoms with Crippen LogP contribution in [-0.4, -0.2) is 4.98 Å². The Morgan fingerprint density at radius 2 is 2.00 bits per heavy atom. The number of rotatable bonds is 0. The molecule has 0 fully saturated rings. The van der Waals surface area contributed by atoms with E-state index in [-0.39, 0.29) is 0 Å². The molecule has 12 heavy (non-hydrogen) atoms. The molecule has 0 atom stereocenters. The van der Waals surface area contributed by atoms with Gasteiger partial charge in [0.2, 0.25) is 0 Å². The molecule has 4 heteroatoms. The average Bonchev–Trinajstić information content (AvgIpc) is 2.33.